The third kappa shape index (κ3) is 3.52. The van der Waals surface area contributed by atoms with Crippen molar-refractivity contribution < 1.29 is 9.32 Å². The Kier molecular flexibility index (Phi) is 4.08. The first-order valence-electron chi connectivity index (χ1n) is 6.06. The van der Waals surface area contributed by atoms with Gasteiger partial charge in [0.15, 0.2) is 5.82 Å². The molecule has 1 aromatic rings. The molecule has 1 amide bonds. The Balaban J connectivity index is 1.69. The van der Waals surface area contributed by atoms with Crippen molar-refractivity contribution in [2.45, 2.75) is 38.6 Å². The lowest BCUT2D eigenvalue weighted by Gasteiger charge is -2.22. The largest absolute Gasteiger partial charge is 0.354 e. The maximum Gasteiger partial charge on any atom is 0.237 e. The van der Waals surface area contributed by atoms with Gasteiger partial charge in [-0.1, -0.05) is 11.6 Å². The Morgan fingerprint density at radius 2 is 2.47 bits per heavy atom. The second-order valence-corrected chi connectivity index (χ2v) is 4.27. The number of aryl methyl sites for hydroxylation is 1. The van der Waals surface area contributed by atoms with E-state index in [-0.39, 0.29) is 11.9 Å². The molecule has 17 heavy (non-hydrogen) atoms. The van der Waals surface area contributed by atoms with Crippen LogP contribution in [0.3, 0.4) is 0 Å². The van der Waals surface area contributed by atoms with Crippen LogP contribution < -0.4 is 10.6 Å². The Morgan fingerprint density at radius 1 is 1.59 bits per heavy atom. The number of carbonyl (C=O) groups excluding carboxylic acids is 1. The molecule has 0 aromatic carbocycles. The van der Waals surface area contributed by atoms with Gasteiger partial charge in [-0.15, -0.1) is 0 Å². The average Bonchev–Trinajstić information content (AvgIpc) is 2.76. The molecule has 1 aliphatic rings. The van der Waals surface area contributed by atoms with Gasteiger partial charge in [0.2, 0.25) is 11.8 Å². The summed E-state index contributed by atoms with van der Waals surface area (Å²) in [5.74, 6) is 1.27. The van der Waals surface area contributed by atoms with Crippen molar-refractivity contribution in [1.82, 2.24) is 20.8 Å². The van der Waals surface area contributed by atoms with E-state index in [1.807, 2.05) is 0 Å². The Morgan fingerprint density at radius 3 is 3.12 bits per heavy atom. The minimum absolute atomic E-state index is 0.0317. The van der Waals surface area contributed by atoms with E-state index in [4.69, 9.17) is 4.52 Å². The van der Waals surface area contributed by atoms with Gasteiger partial charge in [0.1, 0.15) is 0 Å². The van der Waals surface area contributed by atoms with Gasteiger partial charge in [-0.05, 0) is 19.4 Å². The van der Waals surface area contributed by atoms with E-state index in [1.165, 1.54) is 0 Å². The summed E-state index contributed by atoms with van der Waals surface area (Å²) in [6.07, 6.45) is 3.81. The van der Waals surface area contributed by atoms with Crippen molar-refractivity contribution >= 4 is 5.91 Å². The molecule has 2 N–H and O–H groups in total. The van der Waals surface area contributed by atoms with Crippen LogP contribution in [0.1, 0.15) is 31.0 Å². The Hall–Kier alpha value is -1.43. The molecular formula is C11H18N4O2. The van der Waals surface area contributed by atoms with Crippen LogP contribution in [0.15, 0.2) is 4.52 Å². The molecule has 0 aliphatic carbocycles. The fraction of sp³-hybridized carbons (Fsp3) is 0.727. The summed E-state index contributed by atoms with van der Waals surface area (Å²) in [7, 11) is 0. The van der Waals surface area contributed by atoms with Crippen LogP contribution in [0.4, 0.5) is 0 Å². The van der Waals surface area contributed by atoms with Crippen molar-refractivity contribution in [3.63, 3.8) is 0 Å². The average molecular weight is 238 g/mol. The number of hydrogen-bond donors (Lipinski definition) is 2. The molecule has 0 saturated carbocycles. The molecule has 1 aliphatic heterocycles. The molecule has 1 atom stereocenters. The number of nitrogens with one attached hydrogen (secondary N) is 2. The van der Waals surface area contributed by atoms with Crippen LogP contribution >= 0.6 is 0 Å². The van der Waals surface area contributed by atoms with Crippen LogP contribution in [-0.2, 0) is 11.2 Å². The predicted molar refractivity (Wildman–Crippen MR) is 61.4 cm³/mol. The van der Waals surface area contributed by atoms with Gasteiger partial charge in [0, 0.05) is 19.9 Å². The van der Waals surface area contributed by atoms with E-state index in [0.29, 0.717) is 24.7 Å². The first kappa shape index (κ1) is 12.0. The number of nitrogens with zero attached hydrogens (tertiary/aromatic N) is 2. The van der Waals surface area contributed by atoms with E-state index in [2.05, 4.69) is 20.8 Å². The minimum atomic E-state index is -0.0317. The smallest absolute Gasteiger partial charge is 0.237 e. The highest BCUT2D eigenvalue weighted by Crippen LogP contribution is 2.06. The first-order chi connectivity index (χ1) is 8.25. The third-order valence-electron chi connectivity index (χ3n) is 2.84. The van der Waals surface area contributed by atoms with Gasteiger partial charge in [-0.25, -0.2) is 0 Å². The van der Waals surface area contributed by atoms with Crippen LogP contribution in [0, 0.1) is 6.92 Å². The van der Waals surface area contributed by atoms with E-state index < -0.39 is 0 Å². The summed E-state index contributed by atoms with van der Waals surface area (Å²) < 4.78 is 4.85. The summed E-state index contributed by atoms with van der Waals surface area (Å²) in [6, 6.07) is -0.0317. The zero-order valence-corrected chi connectivity index (χ0v) is 10.0. The normalized spacial score (nSPS) is 20.2. The molecule has 6 heteroatoms. The molecule has 1 fully saturated rings. The second kappa shape index (κ2) is 5.77. The predicted octanol–water partition coefficient (Wildman–Crippen LogP) is 0.179. The molecule has 2 rings (SSSR count). The summed E-state index contributed by atoms with van der Waals surface area (Å²) >= 11 is 0. The highest BCUT2D eigenvalue weighted by molar-refractivity contribution is 5.81. The maximum atomic E-state index is 11.8. The summed E-state index contributed by atoms with van der Waals surface area (Å²) in [5, 5.41) is 9.87. The van der Waals surface area contributed by atoms with E-state index in [9.17, 15) is 4.79 Å². The van der Waals surface area contributed by atoms with Gasteiger partial charge in [0.05, 0.1) is 6.04 Å². The summed E-state index contributed by atoms with van der Waals surface area (Å²) in [5.41, 5.74) is 0. The SMILES string of the molecule is Cc1nc(CCNC(=O)[C@H]2CCCCN2)no1. The lowest BCUT2D eigenvalue weighted by atomic mass is 10.0. The van der Waals surface area contributed by atoms with E-state index in [1.54, 1.807) is 6.92 Å². The molecule has 0 radical (unpaired) electrons. The van der Waals surface area contributed by atoms with E-state index in [0.717, 1.165) is 25.8 Å². The molecule has 0 spiro atoms. The number of hydrogen-bond acceptors (Lipinski definition) is 5. The molecule has 94 valence electrons. The van der Waals surface area contributed by atoms with Gasteiger partial charge in [0.25, 0.3) is 0 Å². The molecule has 1 saturated heterocycles. The fourth-order valence-electron chi connectivity index (χ4n) is 1.94. The molecule has 2 heterocycles. The van der Waals surface area contributed by atoms with Gasteiger partial charge < -0.3 is 15.2 Å². The van der Waals surface area contributed by atoms with Gasteiger partial charge >= 0.3 is 0 Å². The lowest BCUT2D eigenvalue weighted by Crippen LogP contribution is -2.47. The zero-order chi connectivity index (χ0) is 12.1. The zero-order valence-electron chi connectivity index (χ0n) is 10.0. The number of carbonyl (C=O) groups is 1. The van der Waals surface area contributed by atoms with Crippen molar-refractivity contribution in [1.29, 1.82) is 0 Å². The number of rotatable bonds is 4. The number of piperidine rings is 1. The fourth-order valence-corrected chi connectivity index (χ4v) is 1.94. The second-order valence-electron chi connectivity index (χ2n) is 4.27. The highest BCUT2D eigenvalue weighted by atomic mass is 16.5. The maximum absolute atomic E-state index is 11.8. The number of aromatic nitrogens is 2. The van der Waals surface area contributed by atoms with Gasteiger partial charge in [-0.2, -0.15) is 4.98 Å². The summed E-state index contributed by atoms with van der Waals surface area (Å²) in [6.45, 7) is 3.24. The molecule has 6 nitrogen and oxygen atoms in total. The van der Waals surface area contributed by atoms with Crippen LogP contribution in [0.2, 0.25) is 0 Å². The number of amides is 1. The lowest BCUT2D eigenvalue weighted by molar-refractivity contribution is -0.123. The Labute approximate surface area is 100 Å². The van der Waals surface area contributed by atoms with Crippen molar-refractivity contribution in [3.8, 4) is 0 Å². The highest BCUT2D eigenvalue weighted by Gasteiger charge is 2.19. The van der Waals surface area contributed by atoms with Crippen LogP contribution in [-0.4, -0.2) is 35.2 Å². The van der Waals surface area contributed by atoms with Crippen LogP contribution in [0.25, 0.3) is 0 Å². The molecule has 0 bridgehead atoms. The van der Waals surface area contributed by atoms with Crippen molar-refractivity contribution in [3.05, 3.63) is 11.7 Å². The van der Waals surface area contributed by atoms with Crippen molar-refractivity contribution in [2.24, 2.45) is 0 Å². The molecule has 0 unspecified atom stereocenters. The quantitative estimate of drug-likeness (QED) is 0.782. The van der Waals surface area contributed by atoms with Crippen LogP contribution in [0.5, 0.6) is 0 Å². The van der Waals surface area contributed by atoms with Gasteiger partial charge in [-0.3, -0.25) is 4.79 Å². The first-order valence-corrected chi connectivity index (χ1v) is 6.06. The topological polar surface area (TPSA) is 80.0 Å². The minimum Gasteiger partial charge on any atom is -0.354 e. The summed E-state index contributed by atoms with van der Waals surface area (Å²) in [4.78, 5) is 15.8. The molecular weight excluding hydrogens is 220 g/mol. The standard InChI is InChI=1S/C11H18N4O2/c1-8-14-10(15-17-8)5-7-13-11(16)9-4-2-3-6-12-9/h9,12H,2-7H2,1H3,(H,13,16)/t9-/m1/s1. The van der Waals surface area contributed by atoms with E-state index >= 15 is 0 Å². The Bertz CT molecular complexity index is 371. The monoisotopic (exact) mass is 238 g/mol. The third-order valence-corrected chi connectivity index (χ3v) is 2.84. The molecule has 1 aromatic heterocycles. The van der Waals surface area contributed by atoms with Crippen molar-refractivity contribution in [2.75, 3.05) is 13.1 Å².